The Morgan fingerprint density at radius 3 is 2.72 bits per heavy atom. The molecule has 1 fully saturated rings. The molecule has 0 bridgehead atoms. The molecule has 0 aliphatic carbocycles. The van der Waals surface area contributed by atoms with Crippen molar-refractivity contribution in [1.29, 1.82) is 0 Å². The standard InChI is InChI=1S/C20H21N5O3S/c1-13-18(29-24-23-13)19(26)22-15-5-3-14(4-6-15)16-7-8-17(28-16)20(27)25-11-2-9-21-10-12-25/h3-8,21H,2,9-12H2,1H3,(H,22,26). The van der Waals surface area contributed by atoms with Crippen LogP contribution in [0.15, 0.2) is 40.8 Å². The van der Waals surface area contributed by atoms with E-state index in [9.17, 15) is 9.59 Å². The van der Waals surface area contributed by atoms with Crippen molar-refractivity contribution in [3.63, 3.8) is 0 Å². The predicted octanol–water partition coefficient (Wildman–Crippen LogP) is 2.79. The highest BCUT2D eigenvalue weighted by Crippen LogP contribution is 2.25. The van der Waals surface area contributed by atoms with Crippen LogP contribution in [0.3, 0.4) is 0 Å². The van der Waals surface area contributed by atoms with Gasteiger partial charge in [-0.15, -0.1) is 5.10 Å². The third-order valence-corrected chi connectivity index (χ3v) is 5.56. The lowest BCUT2D eigenvalue weighted by atomic mass is 10.1. The van der Waals surface area contributed by atoms with Gasteiger partial charge in [-0.25, -0.2) is 0 Å². The zero-order valence-corrected chi connectivity index (χ0v) is 16.8. The number of aryl methyl sites for hydroxylation is 1. The smallest absolute Gasteiger partial charge is 0.289 e. The van der Waals surface area contributed by atoms with E-state index in [0.717, 1.165) is 43.2 Å². The number of carbonyl (C=O) groups excluding carboxylic acids is 2. The molecule has 150 valence electrons. The van der Waals surface area contributed by atoms with Gasteiger partial charge >= 0.3 is 0 Å². The van der Waals surface area contributed by atoms with Crippen LogP contribution in [0.5, 0.6) is 0 Å². The van der Waals surface area contributed by atoms with Gasteiger partial charge in [0.15, 0.2) is 5.76 Å². The molecule has 0 spiro atoms. The Kier molecular flexibility index (Phi) is 5.68. The molecule has 8 nitrogen and oxygen atoms in total. The van der Waals surface area contributed by atoms with Gasteiger partial charge < -0.3 is 20.0 Å². The number of rotatable bonds is 4. The monoisotopic (exact) mass is 411 g/mol. The van der Waals surface area contributed by atoms with Gasteiger partial charge in [0.05, 0.1) is 5.69 Å². The number of aromatic nitrogens is 2. The van der Waals surface area contributed by atoms with E-state index in [-0.39, 0.29) is 11.8 Å². The van der Waals surface area contributed by atoms with E-state index in [0.29, 0.717) is 34.3 Å². The van der Waals surface area contributed by atoms with E-state index in [1.54, 1.807) is 31.2 Å². The van der Waals surface area contributed by atoms with E-state index in [4.69, 9.17) is 4.42 Å². The molecule has 1 aliphatic rings. The fourth-order valence-electron chi connectivity index (χ4n) is 3.16. The summed E-state index contributed by atoms with van der Waals surface area (Å²) < 4.78 is 9.58. The summed E-state index contributed by atoms with van der Waals surface area (Å²) in [6.07, 6.45) is 0.934. The number of amides is 2. The van der Waals surface area contributed by atoms with Gasteiger partial charge in [0.1, 0.15) is 10.6 Å². The third kappa shape index (κ3) is 4.36. The summed E-state index contributed by atoms with van der Waals surface area (Å²) in [5.74, 6) is 0.634. The molecule has 4 rings (SSSR count). The molecule has 2 amide bonds. The minimum atomic E-state index is -0.233. The number of hydrogen-bond acceptors (Lipinski definition) is 7. The lowest BCUT2D eigenvalue weighted by Gasteiger charge is -2.18. The molecule has 0 radical (unpaired) electrons. The summed E-state index contributed by atoms with van der Waals surface area (Å²) in [5.41, 5.74) is 2.10. The molecular weight excluding hydrogens is 390 g/mol. The van der Waals surface area contributed by atoms with E-state index in [1.165, 1.54) is 0 Å². The summed E-state index contributed by atoms with van der Waals surface area (Å²) in [6.45, 7) is 4.88. The van der Waals surface area contributed by atoms with Crippen molar-refractivity contribution < 1.29 is 14.0 Å². The Balaban J connectivity index is 1.43. The Morgan fingerprint density at radius 2 is 1.97 bits per heavy atom. The van der Waals surface area contributed by atoms with Crippen LogP contribution in [-0.4, -0.2) is 52.5 Å². The van der Waals surface area contributed by atoms with Crippen molar-refractivity contribution in [2.75, 3.05) is 31.5 Å². The van der Waals surface area contributed by atoms with Crippen LogP contribution < -0.4 is 10.6 Å². The van der Waals surface area contributed by atoms with Gasteiger partial charge in [-0.2, -0.15) is 0 Å². The van der Waals surface area contributed by atoms with Crippen LogP contribution in [0, 0.1) is 6.92 Å². The Morgan fingerprint density at radius 1 is 1.14 bits per heavy atom. The second kappa shape index (κ2) is 8.54. The van der Waals surface area contributed by atoms with Crippen LogP contribution in [0.1, 0.15) is 32.3 Å². The van der Waals surface area contributed by atoms with Crippen LogP contribution in [0.4, 0.5) is 5.69 Å². The number of furan rings is 1. The summed E-state index contributed by atoms with van der Waals surface area (Å²) >= 11 is 1.07. The van der Waals surface area contributed by atoms with Gasteiger partial charge in [-0.3, -0.25) is 9.59 Å². The van der Waals surface area contributed by atoms with E-state index in [1.807, 2.05) is 17.0 Å². The van der Waals surface area contributed by atoms with Crippen LogP contribution in [0.25, 0.3) is 11.3 Å². The number of nitrogens with one attached hydrogen (secondary N) is 2. The largest absolute Gasteiger partial charge is 0.451 e. The molecule has 2 aromatic heterocycles. The van der Waals surface area contributed by atoms with Crippen molar-refractivity contribution in [2.45, 2.75) is 13.3 Å². The van der Waals surface area contributed by atoms with Gasteiger partial charge in [-0.1, -0.05) is 4.49 Å². The minimum absolute atomic E-state index is 0.0858. The Labute approximate surface area is 172 Å². The van der Waals surface area contributed by atoms with Crippen molar-refractivity contribution in [3.8, 4) is 11.3 Å². The first-order valence-electron chi connectivity index (χ1n) is 9.42. The molecule has 9 heteroatoms. The molecule has 1 saturated heterocycles. The number of hydrogen-bond donors (Lipinski definition) is 2. The van der Waals surface area contributed by atoms with E-state index < -0.39 is 0 Å². The number of anilines is 1. The average molecular weight is 411 g/mol. The first kappa shape index (κ1) is 19.3. The summed E-state index contributed by atoms with van der Waals surface area (Å²) in [7, 11) is 0. The van der Waals surface area contributed by atoms with E-state index >= 15 is 0 Å². The average Bonchev–Trinajstić information content (AvgIpc) is 3.30. The van der Waals surface area contributed by atoms with Crippen molar-refractivity contribution >= 4 is 29.0 Å². The van der Waals surface area contributed by atoms with E-state index in [2.05, 4.69) is 20.2 Å². The topological polar surface area (TPSA) is 100 Å². The second-order valence-corrected chi connectivity index (χ2v) is 7.53. The lowest BCUT2D eigenvalue weighted by molar-refractivity contribution is 0.0735. The normalized spacial score (nSPS) is 14.4. The van der Waals surface area contributed by atoms with Crippen LogP contribution in [0.2, 0.25) is 0 Å². The predicted molar refractivity (Wildman–Crippen MR) is 110 cm³/mol. The zero-order chi connectivity index (χ0) is 20.2. The molecule has 1 aromatic carbocycles. The molecule has 0 unspecified atom stereocenters. The third-order valence-electron chi connectivity index (χ3n) is 4.73. The number of benzene rings is 1. The van der Waals surface area contributed by atoms with Crippen molar-refractivity contribution in [2.24, 2.45) is 0 Å². The molecule has 0 saturated carbocycles. The molecule has 1 aliphatic heterocycles. The first-order chi connectivity index (χ1) is 14.1. The molecule has 3 heterocycles. The molecule has 29 heavy (non-hydrogen) atoms. The molecule has 3 aromatic rings. The highest BCUT2D eigenvalue weighted by Gasteiger charge is 2.20. The van der Waals surface area contributed by atoms with Gasteiger partial charge in [-0.05, 0) is 67.8 Å². The zero-order valence-electron chi connectivity index (χ0n) is 16.0. The summed E-state index contributed by atoms with van der Waals surface area (Å²) in [6, 6.07) is 10.8. The molecule has 0 atom stereocenters. The van der Waals surface area contributed by atoms with Gasteiger partial charge in [0, 0.05) is 30.9 Å². The summed E-state index contributed by atoms with van der Waals surface area (Å²) in [5, 5.41) is 9.96. The lowest BCUT2D eigenvalue weighted by Crippen LogP contribution is -2.33. The van der Waals surface area contributed by atoms with Crippen LogP contribution in [-0.2, 0) is 0 Å². The second-order valence-electron chi connectivity index (χ2n) is 6.78. The fraction of sp³-hybridized carbons (Fsp3) is 0.300. The highest BCUT2D eigenvalue weighted by atomic mass is 32.1. The molecular formula is C20H21N5O3S. The quantitative estimate of drug-likeness (QED) is 0.685. The first-order valence-corrected chi connectivity index (χ1v) is 10.2. The highest BCUT2D eigenvalue weighted by molar-refractivity contribution is 7.08. The number of carbonyl (C=O) groups is 2. The maximum absolute atomic E-state index is 12.7. The Bertz CT molecular complexity index is 1000. The SMILES string of the molecule is Cc1nnsc1C(=O)Nc1ccc(-c2ccc(C(=O)N3CCCNCC3)o2)cc1. The van der Waals surface area contributed by atoms with Crippen molar-refractivity contribution in [3.05, 3.63) is 52.7 Å². The maximum Gasteiger partial charge on any atom is 0.289 e. The van der Waals surface area contributed by atoms with Crippen LogP contribution >= 0.6 is 11.5 Å². The number of nitrogens with zero attached hydrogens (tertiary/aromatic N) is 3. The fourth-order valence-corrected chi connectivity index (χ4v) is 3.71. The minimum Gasteiger partial charge on any atom is -0.451 e. The van der Waals surface area contributed by atoms with Gasteiger partial charge in [0.2, 0.25) is 0 Å². The Hall–Kier alpha value is -3.04. The summed E-state index contributed by atoms with van der Waals surface area (Å²) in [4.78, 5) is 27.2. The molecule has 2 N–H and O–H groups in total. The van der Waals surface area contributed by atoms with Crippen molar-refractivity contribution in [1.82, 2.24) is 19.8 Å². The van der Waals surface area contributed by atoms with Gasteiger partial charge in [0.25, 0.3) is 11.8 Å². The maximum atomic E-state index is 12.7.